The Morgan fingerprint density at radius 1 is 1.41 bits per heavy atom. The molecule has 0 radical (unpaired) electrons. The van der Waals surface area contributed by atoms with Crippen molar-refractivity contribution < 1.29 is 14.7 Å². The number of nitrogens with zero attached hydrogens (tertiary/aromatic N) is 1. The lowest BCUT2D eigenvalue weighted by molar-refractivity contribution is -0.141. The van der Waals surface area contributed by atoms with E-state index in [1.807, 2.05) is 0 Å². The first-order valence-corrected chi connectivity index (χ1v) is 5.86. The number of nitrogens with one attached hydrogen (secondary N) is 1. The first-order valence-electron chi connectivity index (χ1n) is 5.07. The fourth-order valence-corrected chi connectivity index (χ4v) is 1.37. The molecule has 1 heterocycles. The lowest BCUT2D eigenvalue weighted by Gasteiger charge is -2.17. The molecule has 0 saturated carbocycles. The van der Waals surface area contributed by atoms with Crippen molar-refractivity contribution in [3.05, 3.63) is 28.5 Å². The van der Waals surface area contributed by atoms with Gasteiger partial charge in [-0.25, -0.2) is 4.98 Å². The Kier molecular flexibility index (Phi) is 4.62. The van der Waals surface area contributed by atoms with Crippen LogP contribution in [0.2, 0.25) is 0 Å². The molecule has 5 nitrogen and oxygen atoms in total. The molecule has 0 aliphatic heterocycles. The number of aliphatic carboxylic acids is 1. The van der Waals surface area contributed by atoms with Crippen molar-refractivity contribution >= 4 is 27.8 Å². The maximum absolute atomic E-state index is 11.7. The molecule has 1 aromatic rings. The molecule has 0 saturated heterocycles. The Labute approximate surface area is 107 Å². The summed E-state index contributed by atoms with van der Waals surface area (Å²) in [6.45, 7) is 3.20. The summed E-state index contributed by atoms with van der Waals surface area (Å²) in [5.74, 6) is -1.90. The van der Waals surface area contributed by atoms with E-state index in [-0.39, 0.29) is 5.91 Å². The number of hydrogen-bond donors (Lipinski definition) is 2. The third-order valence-corrected chi connectivity index (χ3v) is 2.96. The number of hydrogen-bond acceptors (Lipinski definition) is 3. The normalized spacial score (nSPS) is 13.8. The summed E-state index contributed by atoms with van der Waals surface area (Å²) in [4.78, 5) is 26.4. The molecular weight excluding hydrogens is 288 g/mol. The Balaban J connectivity index is 2.66. The first kappa shape index (κ1) is 13.6. The van der Waals surface area contributed by atoms with E-state index in [0.717, 1.165) is 0 Å². The van der Waals surface area contributed by atoms with Crippen LogP contribution in [-0.2, 0) is 4.79 Å². The van der Waals surface area contributed by atoms with Crippen molar-refractivity contribution in [3.8, 4) is 0 Å². The summed E-state index contributed by atoms with van der Waals surface area (Å²) in [6.07, 6.45) is 1.43. The van der Waals surface area contributed by atoms with Crippen LogP contribution in [0.4, 0.5) is 0 Å². The molecule has 17 heavy (non-hydrogen) atoms. The van der Waals surface area contributed by atoms with Crippen molar-refractivity contribution in [3.63, 3.8) is 0 Å². The highest BCUT2D eigenvalue weighted by Gasteiger charge is 2.21. The molecule has 1 rings (SSSR count). The average molecular weight is 301 g/mol. The monoisotopic (exact) mass is 300 g/mol. The summed E-state index contributed by atoms with van der Waals surface area (Å²) in [5.41, 5.74) is 0.401. The molecule has 2 unspecified atom stereocenters. The summed E-state index contributed by atoms with van der Waals surface area (Å²) in [6, 6.07) is 2.83. The molecule has 6 heteroatoms. The second kappa shape index (κ2) is 5.77. The third kappa shape index (κ3) is 3.81. The molecule has 0 bridgehead atoms. The molecular formula is C11H13BrN2O3. The number of carboxylic acid groups (broad SMARTS) is 1. The fraction of sp³-hybridized carbons (Fsp3) is 0.364. The largest absolute Gasteiger partial charge is 0.481 e. The Bertz CT molecular complexity index is 419. The molecule has 0 spiro atoms. The number of rotatable bonds is 4. The first-order chi connectivity index (χ1) is 7.91. The van der Waals surface area contributed by atoms with Crippen LogP contribution in [0.5, 0.6) is 0 Å². The van der Waals surface area contributed by atoms with E-state index in [0.29, 0.717) is 10.2 Å². The summed E-state index contributed by atoms with van der Waals surface area (Å²) >= 11 is 3.17. The number of amides is 1. The van der Waals surface area contributed by atoms with E-state index >= 15 is 0 Å². The quantitative estimate of drug-likeness (QED) is 0.829. The summed E-state index contributed by atoms with van der Waals surface area (Å²) < 4.78 is 0.640. The molecule has 0 aliphatic carbocycles. The van der Waals surface area contributed by atoms with Crippen LogP contribution in [-0.4, -0.2) is 28.0 Å². The SMILES string of the molecule is CC(NC(=O)c1ccc(Br)nc1)C(C)C(=O)O. The molecule has 0 aromatic carbocycles. The van der Waals surface area contributed by atoms with Crippen LogP contribution in [0.25, 0.3) is 0 Å². The van der Waals surface area contributed by atoms with Crippen molar-refractivity contribution in [2.24, 2.45) is 5.92 Å². The van der Waals surface area contributed by atoms with Gasteiger partial charge in [-0.15, -0.1) is 0 Å². The van der Waals surface area contributed by atoms with Crippen LogP contribution in [0.1, 0.15) is 24.2 Å². The zero-order chi connectivity index (χ0) is 13.0. The number of carboxylic acids is 1. The topological polar surface area (TPSA) is 79.3 Å². The lowest BCUT2D eigenvalue weighted by Crippen LogP contribution is -2.40. The minimum Gasteiger partial charge on any atom is -0.481 e. The van der Waals surface area contributed by atoms with Gasteiger partial charge in [0.05, 0.1) is 11.5 Å². The maximum atomic E-state index is 11.7. The van der Waals surface area contributed by atoms with Gasteiger partial charge in [-0.1, -0.05) is 0 Å². The van der Waals surface area contributed by atoms with E-state index in [1.54, 1.807) is 26.0 Å². The smallest absolute Gasteiger partial charge is 0.308 e. The predicted molar refractivity (Wildman–Crippen MR) is 65.7 cm³/mol. The van der Waals surface area contributed by atoms with Crippen molar-refractivity contribution in [1.82, 2.24) is 10.3 Å². The van der Waals surface area contributed by atoms with E-state index < -0.39 is 17.9 Å². The lowest BCUT2D eigenvalue weighted by atomic mass is 10.0. The van der Waals surface area contributed by atoms with Gasteiger partial charge < -0.3 is 10.4 Å². The average Bonchev–Trinajstić information content (AvgIpc) is 2.28. The van der Waals surface area contributed by atoms with Crippen molar-refractivity contribution in [1.29, 1.82) is 0 Å². The molecule has 92 valence electrons. The molecule has 0 fully saturated rings. The number of carbonyl (C=O) groups is 2. The van der Waals surface area contributed by atoms with Gasteiger partial charge in [0, 0.05) is 12.2 Å². The molecule has 1 aromatic heterocycles. The Morgan fingerprint density at radius 3 is 2.53 bits per heavy atom. The zero-order valence-corrected chi connectivity index (χ0v) is 11.1. The number of pyridine rings is 1. The zero-order valence-electron chi connectivity index (χ0n) is 9.48. The maximum Gasteiger partial charge on any atom is 0.308 e. The van der Waals surface area contributed by atoms with Gasteiger partial charge in [0.2, 0.25) is 0 Å². The van der Waals surface area contributed by atoms with Gasteiger partial charge in [0.1, 0.15) is 4.60 Å². The number of aromatic nitrogens is 1. The summed E-state index contributed by atoms with van der Waals surface area (Å²) in [5, 5.41) is 11.4. The molecule has 2 atom stereocenters. The highest BCUT2D eigenvalue weighted by Crippen LogP contribution is 2.08. The van der Waals surface area contributed by atoms with Gasteiger partial charge in [-0.2, -0.15) is 0 Å². The van der Waals surface area contributed by atoms with E-state index in [4.69, 9.17) is 5.11 Å². The van der Waals surface area contributed by atoms with Gasteiger partial charge in [-0.3, -0.25) is 9.59 Å². The van der Waals surface area contributed by atoms with Gasteiger partial charge in [-0.05, 0) is 41.9 Å². The van der Waals surface area contributed by atoms with Gasteiger partial charge >= 0.3 is 5.97 Å². The molecule has 0 aliphatic rings. The van der Waals surface area contributed by atoms with Crippen LogP contribution in [0.15, 0.2) is 22.9 Å². The van der Waals surface area contributed by atoms with Crippen molar-refractivity contribution in [2.45, 2.75) is 19.9 Å². The summed E-state index contributed by atoms with van der Waals surface area (Å²) in [7, 11) is 0. The minimum absolute atomic E-state index is 0.328. The Hall–Kier alpha value is -1.43. The molecule has 2 N–H and O–H groups in total. The number of halogens is 1. The minimum atomic E-state index is -0.938. The highest BCUT2D eigenvalue weighted by atomic mass is 79.9. The standard InChI is InChI=1S/C11H13BrN2O3/c1-6(11(16)17)7(2)14-10(15)8-3-4-9(12)13-5-8/h3-7H,1-2H3,(H,14,15)(H,16,17). The number of carbonyl (C=O) groups excluding carboxylic acids is 1. The third-order valence-electron chi connectivity index (χ3n) is 2.49. The van der Waals surface area contributed by atoms with Crippen LogP contribution in [0, 0.1) is 5.92 Å². The van der Waals surface area contributed by atoms with E-state index in [9.17, 15) is 9.59 Å². The second-order valence-corrected chi connectivity index (χ2v) is 4.57. The predicted octanol–water partition coefficient (Wildman–Crippen LogP) is 1.68. The van der Waals surface area contributed by atoms with Crippen LogP contribution in [0.3, 0.4) is 0 Å². The van der Waals surface area contributed by atoms with E-state index in [1.165, 1.54) is 6.20 Å². The van der Waals surface area contributed by atoms with Crippen LogP contribution < -0.4 is 5.32 Å². The van der Waals surface area contributed by atoms with Crippen molar-refractivity contribution in [2.75, 3.05) is 0 Å². The van der Waals surface area contributed by atoms with Gasteiger partial charge in [0.25, 0.3) is 5.91 Å². The van der Waals surface area contributed by atoms with Crippen LogP contribution >= 0.6 is 15.9 Å². The molecule has 1 amide bonds. The fourth-order valence-electron chi connectivity index (χ4n) is 1.14. The second-order valence-electron chi connectivity index (χ2n) is 3.76. The van der Waals surface area contributed by atoms with E-state index in [2.05, 4.69) is 26.2 Å². The van der Waals surface area contributed by atoms with Gasteiger partial charge in [0.15, 0.2) is 0 Å². The Morgan fingerprint density at radius 2 is 2.06 bits per heavy atom. The highest BCUT2D eigenvalue weighted by molar-refractivity contribution is 9.10.